The van der Waals surface area contributed by atoms with Crippen LogP contribution in [0.25, 0.3) is 11.4 Å². The molecule has 0 saturated heterocycles. The van der Waals surface area contributed by atoms with Gasteiger partial charge in [0.2, 0.25) is 0 Å². The van der Waals surface area contributed by atoms with E-state index in [2.05, 4.69) is 9.97 Å². The Morgan fingerprint density at radius 1 is 1.29 bits per heavy atom. The Morgan fingerprint density at radius 2 is 2.00 bits per heavy atom. The molecule has 0 atom stereocenters. The molecule has 0 spiro atoms. The Labute approximate surface area is 96.8 Å². The first-order valence-electron chi connectivity index (χ1n) is 4.94. The maximum Gasteiger partial charge on any atom is 0.307 e. The van der Waals surface area contributed by atoms with Crippen molar-refractivity contribution >= 4 is 5.97 Å². The molecule has 1 aromatic heterocycles. The number of hydrogen-bond donors (Lipinski definition) is 1. The molecule has 0 aliphatic carbocycles. The van der Waals surface area contributed by atoms with Crippen molar-refractivity contribution < 1.29 is 14.3 Å². The first kappa shape index (κ1) is 11.2. The van der Waals surface area contributed by atoms with E-state index < -0.39 is 11.8 Å². The zero-order chi connectivity index (χ0) is 12.3. The quantitative estimate of drug-likeness (QED) is 0.877. The summed E-state index contributed by atoms with van der Waals surface area (Å²) in [5, 5.41) is 8.68. The zero-order valence-electron chi connectivity index (χ0n) is 8.80. The highest BCUT2D eigenvalue weighted by Gasteiger charge is 2.05. The minimum Gasteiger partial charge on any atom is -0.481 e. The highest BCUT2D eigenvalue weighted by molar-refractivity contribution is 5.71. The minimum atomic E-state index is -0.901. The Kier molecular flexibility index (Phi) is 3.09. The summed E-state index contributed by atoms with van der Waals surface area (Å²) in [5.41, 5.74) is 1.33. The van der Waals surface area contributed by atoms with Gasteiger partial charge in [0.05, 0.1) is 18.8 Å². The van der Waals surface area contributed by atoms with E-state index in [1.54, 1.807) is 24.3 Å². The molecule has 0 bridgehead atoms. The standard InChI is InChI=1S/C12H9FN2O2/c13-10-6-14-12(15-7-10)9-3-1-2-8(4-9)5-11(16)17/h1-4,6-7H,5H2,(H,16,17). The van der Waals surface area contributed by atoms with Crippen molar-refractivity contribution in [2.45, 2.75) is 6.42 Å². The summed E-state index contributed by atoms with van der Waals surface area (Å²) in [4.78, 5) is 18.3. The first-order chi connectivity index (χ1) is 8.15. The molecular weight excluding hydrogens is 223 g/mol. The molecule has 0 saturated carbocycles. The molecule has 0 radical (unpaired) electrons. The van der Waals surface area contributed by atoms with Gasteiger partial charge in [-0.05, 0) is 11.6 Å². The summed E-state index contributed by atoms with van der Waals surface area (Å²) in [5.74, 6) is -1.03. The van der Waals surface area contributed by atoms with E-state index in [4.69, 9.17) is 5.11 Å². The molecule has 2 aromatic rings. The van der Waals surface area contributed by atoms with Gasteiger partial charge in [0.15, 0.2) is 11.6 Å². The minimum absolute atomic E-state index is 0.0605. The first-order valence-corrected chi connectivity index (χ1v) is 4.94. The van der Waals surface area contributed by atoms with Crippen molar-refractivity contribution in [3.8, 4) is 11.4 Å². The molecule has 2 rings (SSSR count). The normalized spacial score (nSPS) is 10.2. The van der Waals surface area contributed by atoms with Crippen LogP contribution in [0.2, 0.25) is 0 Å². The number of hydrogen-bond acceptors (Lipinski definition) is 3. The molecule has 86 valence electrons. The summed E-state index contributed by atoms with van der Waals surface area (Å²) in [6, 6.07) is 6.86. The predicted molar refractivity (Wildman–Crippen MR) is 58.8 cm³/mol. The maximum absolute atomic E-state index is 12.7. The van der Waals surface area contributed by atoms with Gasteiger partial charge in [0, 0.05) is 5.56 Å². The van der Waals surface area contributed by atoms with E-state index in [0.29, 0.717) is 17.0 Å². The topological polar surface area (TPSA) is 63.1 Å². The lowest BCUT2D eigenvalue weighted by Crippen LogP contribution is -2.00. The number of rotatable bonds is 3. The number of benzene rings is 1. The second-order valence-corrected chi connectivity index (χ2v) is 3.50. The fraction of sp³-hybridized carbons (Fsp3) is 0.0833. The molecule has 1 heterocycles. The van der Waals surface area contributed by atoms with Crippen LogP contribution in [0, 0.1) is 5.82 Å². The molecule has 5 heteroatoms. The Bertz CT molecular complexity index is 540. The highest BCUT2D eigenvalue weighted by atomic mass is 19.1. The summed E-state index contributed by atoms with van der Waals surface area (Å²) in [6.45, 7) is 0. The lowest BCUT2D eigenvalue weighted by atomic mass is 10.1. The molecule has 0 aliphatic rings. The van der Waals surface area contributed by atoms with Crippen LogP contribution in [-0.2, 0) is 11.2 Å². The van der Waals surface area contributed by atoms with E-state index in [9.17, 15) is 9.18 Å². The smallest absolute Gasteiger partial charge is 0.307 e. The third-order valence-corrected chi connectivity index (χ3v) is 2.16. The monoisotopic (exact) mass is 232 g/mol. The van der Waals surface area contributed by atoms with Crippen LogP contribution < -0.4 is 0 Å². The van der Waals surface area contributed by atoms with E-state index in [0.717, 1.165) is 12.4 Å². The molecule has 0 amide bonds. The Hall–Kier alpha value is -2.30. The summed E-state index contributed by atoms with van der Waals surface area (Å²) in [6.07, 6.45) is 2.09. The average Bonchev–Trinajstić information content (AvgIpc) is 2.29. The maximum atomic E-state index is 12.7. The number of carboxylic acid groups (broad SMARTS) is 1. The molecular formula is C12H9FN2O2. The van der Waals surface area contributed by atoms with E-state index in [1.807, 2.05) is 0 Å². The molecule has 17 heavy (non-hydrogen) atoms. The van der Waals surface area contributed by atoms with Crippen molar-refractivity contribution in [2.24, 2.45) is 0 Å². The summed E-state index contributed by atoms with van der Waals surface area (Å²) < 4.78 is 12.7. The van der Waals surface area contributed by atoms with Gasteiger partial charge in [-0.3, -0.25) is 4.79 Å². The van der Waals surface area contributed by atoms with Crippen LogP contribution in [0.15, 0.2) is 36.7 Å². The van der Waals surface area contributed by atoms with E-state index in [1.165, 1.54) is 0 Å². The van der Waals surface area contributed by atoms with Crippen molar-refractivity contribution in [2.75, 3.05) is 0 Å². The van der Waals surface area contributed by atoms with Crippen LogP contribution >= 0.6 is 0 Å². The van der Waals surface area contributed by atoms with Gasteiger partial charge in [-0.2, -0.15) is 0 Å². The van der Waals surface area contributed by atoms with Gasteiger partial charge in [-0.25, -0.2) is 14.4 Å². The number of carbonyl (C=O) groups is 1. The number of halogens is 1. The van der Waals surface area contributed by atoms with Gasteiger partial charge in [0.25, 0.3) is 0 Å². The van der Waals surface area contributed by atoms with Crippen LogP contribution in [0.3, 0.4) is 0 Å². The van der Waals surface area contributed by atoms with Gasteiger partial charge < -0.3 is 5.11 Å². The average molecular weight is 232 g/mol. The van der Waals surface area contributed by atoms with E-state index in [-0.39, 0.29) is 6.42 Å². The van der Waals surface area contributed by atoms with Crippen LogP contribution in [0.4, 0.5) is 4.39 Å². The summed E-state index contributed by atoms with van der Waals surface area (Å²) in [7, 11) is 0. The molecule has 0 unspecified atom stereocenters. The third kappa shape index (κ3) is 2.84. The number of carboxylic acids is 1. The Balaban J connectivity index is 2.32. The van der Waals surface area contributed by atoms with Gasteiger partial charge in [-0.1, -0.05) is 18.2 Å². The van der Waals surface area contributed by atoms with E-state index >= 15 is 0 Å². The molecule has 0 fully saturated rings. The number of aromatic nitrogens is 2. The lowest BCUT2D eigenvalue weighted by Gasteiger charge is -2.02. The highest BCUT2D eigenvalue weighted by Crippen LogP contribution is 2.16. The Morgan fingerprint density at radius 3 is 2.65 bits per heavy atom. The molecule has 1 N–H and O–H groups in total. The lowest BCUT2D eigenvalue weighted by molar-refractivity contribution is -0.136. The van der Waals surface area contributed by atoms with Crippen LogP contribution in [0.1, 0.15) is 5.56 Å². The number of aliphatic carboxylic acids is 1. The number of nitrogens with zero attached hydrogens (tertiary/aromatic N) is 2. The fourth-order valence-electron chi connectivity index (χ4n) is 1.46. The molecule has 1 aromatic carbocycles. The SMILES string of the molecule is O=C(O)Cc1cccc(-c2ncc(F)cn2)c1. The largest absolute Gasteiger partial charge is 0.481 e. The van der Waals surface area contributed by atoms with Gasteiger partial charge in [0.1, 0.15) is 0 Å². The van der Waals surface area contributed by atoms with Crippen molar-refractivity contribution in [1.29, 1.82) is 0 Å². The predicted octanol–water partition coefficient (Wildman–Crippen LogP) is 1.91. The van der Waals surface area contributed by atoms with Gasteiger partial charge >= 0.3 is 5.97 Å². The van der Waals surface area contributed by atoms with Crippen molar-refractivity contribution in [3.05, 3.63) is 48.0 Å². The second kappa shape index (κ2) is 4.69. The van der Waals surface area contributed by atoms with Crippen LogP contribution in [-0.4, -0.2) is 21.0 Å². The van der Waals surface area contributed by atoms with Crippen molar-refractivity contribution in [3.63, 3.8) is 0 Å². The zero-order valence-corrected chi connectivity index (χ0v) is 8.80. The second-order valence-electron chi connectivity index (χ2n) is 3.50. The third-order valence-electron chi connectivity index (χ3n) is 2.16. The van der Waals surface area contributed by atoms with Gasteiger partial charge in [-0.15, -0.1) is 0 Å². The molecule has 0 aliphatic heterocycles. The van der Waals surface area contributed by atoms with Crippen molar-refractivity contribution in [1.82, 2.24) is 9.97 Å². The van der Waals surface area contributed by atoms with Crippen LogP contribution in [0.5, 0.6) is 0 Å². The summed E-state index contributed by atoms with van der Waals surface area (Å²) >= 11 is 0. The fourth-order valence-corrected chi connectivity index (χ4v) is 1.46. The molecule has 4 nitrogen and oxygen atoms in total.